The van der Waals surface area contributed by atoms with Gasteiger partial charge >= 0.3 is 5.97 Å². The molecule has 1 aromatic rings. The van der Waals surface area contributed by atoms with Crippen LogP contribution in [0.5, 0.6) is 0 Å². The zero-order chi connectivity index (χ0) is 15.0. The molecule has 1 saturated heterocycles. The van der Waals surface area contributed by atoms with E-state index in [-0.39, 0.29) is 17.6 Å². The molecule has 2 aliphatic rings. The van der Waals surface area contributed by atoms with Gasteiger partial charge in [-0.05, 0) is 19.8 Å². The van der Waals surface area contributed by atoms with Crippen molar-refractivity contribution in [3.63, 3.8) is 0 Å². The van der Waals surface area contributed by atoms with Gasteiger partial charge in [-0.15, -0.1) is 5.10 Å². The molecule has 1 amide bonds. The number of aromatic nitrogens is 3. The zero-order valence-electron chi connectivity index (χ0n) is 12.0. The highest BCUT2D eigenvalue weighted by molar-refractivity contribution is 5.84. The Kier molecular flexibility index (Phi) is 3.62. The molecule has 8 heteroatoms. The van der Waals surface area contributed by atoms with Gasteiger partial charge < -0.3 is 10.0 Å². The van der Waals surface area contributed by atoms with Gasteiger partial charge in [0.1, 0.15) is 0 Å². The van der Waals surface area contributed by atoms with Crippen LogP contribution in [0.4, 0.5) is 0 Å². The summed E-state index contributed by atoms with van der Waals surface area (Å²) < 4.78 is 1.57. The number of amides is 1. The van der Waals surface area contributed by atoms with E-state index < -0.39 is 5.97 Å². The first-order valence-electron chi connectivity index (χ1n) is 7.25. The second kappa shape index (κ2) is 5.44. The van der Waals surface area contributed by atoms with E-state index in [1.165, 1.54) is 6.20 Å². The summed E-state index contributed by atoms with van der Waals surface area (Å²) in [7, 11) is 0. The molecule has 114 valence electrons. The highest BCUT2D eigenvalue weighted by Crippen LogP contribution is 2.27. The highest BCUT2D eigenvalue weighted by atomic mass is 16.4. The smallest absolute Gasteiger partial charge is 0.358 e. The fourth-order valence-corrected chi connectivity index (χ4v) is 2.70. The van der Waals surface area contributed by atoms with Crippen molar-refractivity contribution in [2.45, 2.75) is 31.8 Å². The van der Waals surface area contributed by atoms with Crippen LogP contribution in [0.25, 0.3) is 0 Å². The SMILES string of the molecule is CCN(C(=O)CN1CC(n2cc(C(=O)O)nn2)C1)C1CC1. The molecule has 0 unspecified atom stereocenters. The number of nitrogens with zero attached hydrogens (tertiary/aromatic N) is 5. The molecule has 0 spiro atoms. The van der Waals surface area contributed by atoms with Crippen LogP contribution < -0.4 is 0 Å². The number of hydrogen-bond acceptors (Lipinski definition) is 5. The van der Waals surface area contributed by atoms with Crippen LogP contribution in [0.2, 0.25) is 0 Å². The molecule has 21 heavy (non-hydrogen) atoms. The van der Waals surface area contributed by atoms with E-state index in [4.69, 9.17) is 5.11 Å². The Hall–Kier alpha value is -1.96. The third kappa shape index (κ3) is 2.90. The minimum absolute atomic E-state index is 0.0459. The average Bonchev–Trinajstić information content (AvgIpc) is 3.10. The van der Waals surface area contributed by atoms with Crippen molar-refractivity contribution in [1.29, 1.82) is 0 Å². The van der Waals surface area contributed by atoms with E-state index >= 15 is 0 Å². The molecule has 0 bridgehead atoms. The van der Waals surface area contributed by atoms with E-state index in [2.05, 4.69) is 15.2 Å². The van der Waals surface area contributed by atoms with Crippen LogP contribution in [0.15, 0.2) is 6.20 Å². The van der Waals surface area contributed by atoms with Crippen molar-refractivity contribution in [1.82, 2.24) is 24.8 Å². The number of rotatable bonds is 6. The molecule has 3 rings (SSSR count). The van der Waals surface area contributed by atoms with Crippen LogP contribution in [0.3, 0.4) is 0 Å². The molecule has 8 nitrogen and oxygen atoms in total. The molecule has 2 heterocycles. The van der Waals surface area contributed by atoms with Crippen LogP contribution in [-0.4, -0.2) is 74.0 Å². The van der Waals surface area contributed by atoms with Gasteiger partial charge in [0.15, 0.2) is 5.69 Å². The maximum atomic E-state index is 12.2. The fourth-order valence-electron chi connectivity index (χ4n) is 2.70. The second-order valence-electron chi connectivity index (χ2n) is 5.65. The Morgan fingerprint density at radius 2 is 2.14 bits per heavy atom. The van der Waals surface area contributed by atoms with Gasteiger partial charge in [0.05, 0.1) is 18.8 Å². The zero-order valence-corrected chi connectivity index (χ0v) is 12.0. The summed E-state index contributed by atoms with van der Waals surface area (Å²) >= 11 is 0. The van der Waals surface area contributed by atoms with Crippen molar-refractivity contribution >= 4 is 11.9 Å². The molecular formula is C13H19N5O3. The second-order valence-corrected chi connectivity index (χ2v) is 5.65. The molecule has 2 fully saturated rings. The monoisotopic (exact) mass is 293 g/mol. The van der Waals surface area contributed by atoms with Crippen LogP contribution >= 0.6 is 0 Å². The maximum Gasteiger partial charge on any atom is 0.358 e. The number of carbonyl (C=O) groups excluding carboxylic acids is 1. The van der Waals surface area contributed by atoms with Gasteiger partial charge in [-0.25, -0.2) is 9.48 Å². The van der Waals surface area contributed by atoms with Crippen molar-refractivity contribution in [2.75, 3.05) is 26.2 Å². The van der Waals surface area contributed by atoms with Crippen molar-refractivity contribution < 1.29 is 14.7 Å². The lowest BCUT2D eigenvalue weighted by Gasteiger charge is -2.39. The van der Waals surface area contributed by atoms with E-state index in [1.807, 2.05) is 11.8 Å². The average molecular weight is 293 g/mol. The Balaban J connectivity index is 1.48. The first kappa shape index (κ1) is 14.0. The van der Waals surface area contributed by atoms with Crippen molar-refractivity contribution in [2.24, 2.45) is 0 Å². The third-order valence-electron chi connectivity index (χ3n) is 4.05. The van der Waals surface area contributed by atoms with E-state index in [0.717, 1.165) is 19.4 Å². The maximum absolute atomic E-state index is 12.2. The molecule has 1 aliphatic carbocycles. The predicted octanol–water partition coefficient (Wildman–Crippen LogP) is -0.156. The van der Waals surface area contributed by atoms with Crippen LogP contribution in [0, 0.1) is 0 Å². The fraction of sp³-hybridized carbons (Fsp3) is 0.692. The van der Waals surface area contributed by atoms with Crippen LogP contribution in [0.1, 0.15) is 36.3 Å². The highest BCUT2D eigenvalue weighted by Gasteiger charge is 2.35. The Bertz CT molecular complexity index is 548. The molecule has 0 atom stereocenters. The summed E-state index contributed by atoms with van der Waals surface area (Å²) in [5, 5.41) is 16.2. The lowest BCUT2D eigenvalue weighted by molar-refractivity contribution is -0.134. The Morgan fingerprint density at radius 3 is 2.67 bits per heavy atom. The lowest BCUT2D eigenvalue weighted by Crippen LogP contribution is -2.52. The van der Waals surface area contributed by atoms with Gasteiger partial charge in [0.25, 0.3) is 0 Å². The summed E-state index contributed by atoms with van der Waals surface area (Å²) in [4.78, 5) is 26.9. The summed E-state index contributed by atoms with van der Waals surface area (Å²) in [6, 6.07) is 0.558. The number of likely N-dealkylation sites (N-methyl/N-ethyl adjacent to an activating group) is 1. The molecule has 0 radical (unpaired) electrons. The van der Waals surface area contributed by atoms with Gasteiger partial charge in [-0.2, -0.15) is 0 Å². The number of carbonyl (C=O) groups is 2. The Labute approximate surface area is 122 Å². The minimum Gasteiger partial charge on any atom is -0.476 e. The van der Waals surface area contributed by atoms with Gasteiger partial charge in [0, 0.05) is 25.7 Å². The van der Waals surface area contributed by atoms with E-state index in [1.54, 1.807) is 4.68 Å². The summed E-state index contributed by atoms with van der Waals surface area (Å²) in [6.45, 7) is 4.62. The van der Waals surface area contributed by atoms with Crippen LogP contribution in [-0.2, 0) is 4.79 Å². The number of aromatic carboxylic acids is 1. The number of hydrogen-bond donors (Lipinski definition) is 1. The summed E-state index contributed by atoms with van der Waals surface area (Å²) in [5.41, 5.74) is -0.0459. The van der Waals surface area contributed by atoms with Gasteiger partial charge in [-0.1, -0.05) is 5.21 Å². The normalized spacial score (nSPS) is 19.3. The largest absolute Gasteiger partial charge is 0.476 e. The third-order valence-corrected chi connectivity index (χ3v) is 4.05. The molecule has 1 aliphatic heterocycles. The molecule has 1 aromatic heterocycles. The molecule has 0 aromatic carbocycles. The van der Waals surface area contributed by atoms with Gasteiger partial charge in [-0.3, -0.25) is 9.69 Å². The first-order valence-corrected chi connectivity index (χ1v) is 7.25. The predicted molar refractivity (Wildman–Crippen MR) is 72.9 cm³/mol. The molecular weight excluding hydrogens is 274 g/mol. The van der Waals surface area contributed by atoms with Crippen molar-refractivity contribution in [3.05, 3.63) is 11.9 Å². The standard InChI is InChI=1S/C13H19N5O3/c1-2-17(9-3-4-9)12(19)8-16-5-10(6-16)18-7-11(13(20)21)14-15-18/h7,9-10H,2-6,8H2,1H3,(H,20,21). The first-order chi connectivity index (χ1) is 10.1. The molecule has 1 saturated carbocycles. The quantitative estimate of drug-likeness (QED) is 0.784. The minimum atomic E-state index is -1.07. The summed E-state index contributed by atoms with van der Waals surface area (Å²) in [5.74, 6) is -0.890. The number of likely N-dealkylation sites (tertiary alicyclic amines) is 1. The van der Waals surface area contributed by atoms with Crippen molar-refractivity contribution in [3.8, 4) is 0 Å². The Morgan fingerprint density at radius 1 is 1.43 bits per heavy atom. The summed E-state index contributed by atoms with van der Waals surface area (Å²) in [6.07, 6.45) is 3.69. The van der Waals surface area contributed by atoms with E-state index in [0.29, 0.717) is 25.7 Å². The number of carboxylic acids is 1. The lowest BCUT2D eigenvalue weighted by atomic mass is 10.1. The van der Waals surface area contributed by atoms with E-state index in [9.17, 15) is 9.59 Å². The number of carboxylic acid groups (broad SMARTS) is 1. The topological polar surface area (TPSA) is 91.6 Å². The molecule has 1 N–H and O–H groups in total. The van der Waals surface area contributed by atoms with Gasteiger partial charge in [0.2, 0.25) is 5.91 Å².